The molecule has 0 saturated heterocycles. The number of ether oxygens (including phenoxy) is 1. The van der Waals surface area contributed by atoms with E-state index in [2.05, 4.69) is 15.5 Å². The molecule has 1 N–H and O–H groups in total. The average molecular weight is 383 g/mol. The lowest BCUT2D eigenvalue weighted by molar-refractivity contribution is -0.146. The number of esters is 1. The Labute approximate surface area is 155 Å². The van der Waals surface area contributed by atoms with Gasteiger partial charge in [0.1, 0.15) is 0 Å². The Balaban J connectivity index is 1.85. The van der Waals surface area contributed by atoms with Crippen molar-refractivity contribution in [3.63, 3.8) is 0 Å². The Kier molecular flexibility index (Phi) is 7.45. The predicted octanol–water partition coefficient (Wildman–Crippen LogP) is 2.58. The maximum absolute atomic E-state index is 11.8. The maximum Gasteiger partial charge on any atom is 0.316 e. The van der Waals surface area contributed by atoms with E-state index in [0.717, 1.165) is 17.1 Å². The standard InChI is InChI=1S/C16H22N4O3S2/c1-4-11(3)17-13(21)9-23-14(22)10-25-16-19-18-15(20(16)5-2)12-7-6-8-24-12/h6-8,11H,4-5,9-10H2,1-3H3,(H,17,21). The van der Waals surface area contributed by atoms with E-state index in [1.165, 1.54) is 11.8 Å². The second-order valence-electron chi connectivity index (χ2n) is 5.35. The molecule has 1 unspecified atom stereocenters. The van der Waals surface area contributed by atoms with Gasteiger partial charge in [0.15, 0.2) is 17.6 Å². The number of hydrogen-bond acceptors (Lipinski definition) is 7. The Morgan fingerprint density at radius 1 is 1.40 bits per heavy atom. The Bertz CT molecular complexity index is 700. The van der Waals surface area contributed by atoms with Crippen LogP contribution < -0.4 is 5.32 Å². The van der Waals surface area contributed by atoms with Crippen LogP contribution >= 0.6 is 23.1 Å². The molecular formula is C16H22N4O3S2. The van der Waals surface area contributed by atoms with E-state index >= 15 is 0 Å². The van der Waals surface area contributed by atoms with Crippen LogP contribution in [0.5, 0.6) is 0 Å². The molecule has 0 aliphatic rings. The first-order valence-electron chi connectivity index (χ1n) is 8.10. The van der Waals surface area contributed by atoms with Crippen molar-refractivity contribution < 1.29 is 14.3 Å². The lowest BCUT2D eigenvalue weighted by Crippen LogP contribution is -2.35. The van der Waals surface area contributed by atoms with Gasteiger partial charge in [-0.15, -0.1) is 21.5 Å². The summed E-state index contributed by atoms with van der Waals surface area (Å²) in [4.78, 5) is 24.5. The third-order valence-electron chi connectivity index (χ3n) is 3.48. The first kappa shape index (κ1) is 19.5. The Morgan fingerprint density at radius 3 is 2.84 bits per heavy atom. The second kappa shape index (κ2) is 9.57. The summed E-state index contributed by atoms with van der Waals surface area (Å²) >= 11 is 2.85. The molecule has 0 radical (unpaired) electrons. The lowest BCUT2D eigenvalue weighted by Gasteiger charge is -2.11. The number of amides is 1. The fraction of sp³-hybridized carbons (Fsp3) is 0.500. The highest BCUT2D eigenvalue weighted by Crippen LogP contribution is 2.27. The molecule has 0 aromatic carbocycles. The highest BCUT2D eigenvalue weighted by atomic mass is 32.2. The van der Waals surface area contributed by atoms with Gasteiger partial charge in [-0.25, -0.2) is 0 Å². The summed E-state index contributed by atoms with van der Waals surface area (Å²) < 4.78 is 6.95. The van der Waals surface area contributed by atoms with Crippen LogP contribution in [-0.2, 0) is 20.9 Å². The molecule has 136 valence electrons. The minimum Gasteiger partial charge on any atom is -0.455 e. The number of rotatable bonds is 9. The van der Waals surface area contributed by atoms with Crippen LogP contribution in [0, 0.1) is 0 Å². The van der Waals surface area contributed by atoms with E-state index in [9.17, 15) is 9.59 Å². The number of thiophene rings is 1. The van der Waals surface area contributed by atoms with Crippen LogP contribution in [0.2, 0.25) is 0 Å². The zero-order valence-electron chi connectivity index (χ0n) is 14.5. The number of carbonyl (C=O) groups is 2. The van der Waals surface area contributed by atoms with Crippen LogP contribution in [0.15, 0.2) is 22.7 Å². The third-order valence-corrected chi connectivity index (χ3v) is 5.28. The fourth-order valence-corrected chi connectivity index (χ4v) is 3.52. The number of hydrogen-bond donors (Lipinski definition) is 1. The molecule has 25 heavy (non-hydrogen) atoms. The maximum atomic E-state index is 11.8. The fourth-order valence-electron chi connectivity index (χ4n) is 2.00. The Hall–Kier alpha value is -1.87. The van der Waals surface area contributed by atoms with Crippen molar-refractivity contribution in [2.75, 3.05) is 12.4 Å². The highest BCUT2D eigenvalue weighted by Gasteiger charge is 2.16. The van der Waals surface area contributed by atoms with Crippen LogP contribution in [0.25, 0.3) is 10.7 Å². The summed E-state index contributed by atoms with van der Waals surface area (Å²) in [6, 6.07) is 4.02. The molecule has 2 rings (SSSR count). The van der Waals surface area contributed by atoms with Gasteiger partial charge in [0.05, 0.1) is 10.6 Å². The molecular weight excluding hydrogens is 360 g/mol. The number of thioether (sulfide) groups is 1. The van der Waals surface area contributed by atoms with Crippen molar-refractivity contribution in [3.05, 3.63) is 17.5 Å². The molecule has 2 heterocycles. The summed E-state index contributed by atoms with van der Waals surface area (Å²) in [6.45, 7) is 6.32. The van der Waals surface area contributed by atoms with E-state index < -0.39 is 5.97 Å². The monoisotopic (exact) mass is 382 g/mol. The molecule has 1 amide bonds. The third kappa shape index (κ3) is 5.57. The van der Waals surface area contributed by atoms with E-state index in [1.807, 2.05) is 42.9 Å². The van der Waals surface area contributed by atoms with Gasteiger partial charge in [0.25, 0.3) is 5.91 Å². The van der Waals surface area contributed by atoms with Crippen molar-refractivity contribution in [1.82, 2.24) is 20.1 Å². The quantitative estimate of drug-likeness (QED) is 0.530. The van der Waals surface area contributed by atoms with Gasteiger partial charge in [-0.3, -0.25) is 9.59 Å². The van der Waals surface area contributed by atoms with Gasteiger partial charge in [0, 0.05) is 12.6 Å². The minimum atomic E-state index is -0.451. The smallest absolute Gasteiger partial charge is 0.316 e. The average Bonchev–Trinajstić information content (AvgIpc) is 3.26. The molecule has 0 aliphatic heterocycles. The Morgan fingerprint density at radius 2 is 2.20 bits per heavy atom. The van der Waals surface area contributed by atoms with Crippen molar-refractivity contribution in [2.24, 2.45) is 0 Å². The summed E-state index contributed by atoms with van der Waals surface area (Å²) in [5.41, 5.74) is 0. The van der Waals surface area contributed by atoms with E-state index in [0.29, 0.717) is 11.7 Å². The molecule has 1 atom stereocenters. The van der Waals surface area contributed by atoms with E-state index in [4.69, 9.17) is 4.74 Å². The molecule has 9 heteroatoms. The zero-order chi connectivity index (χ0) is 18.2. The molecule has 0 aliphatic carbocycles. The van der Waals surface area contributed by atoms with Crippen molar-refractivity contribution in [1.29, 1.82) is 0 Å². The van der Waals surface area contributed by atoms with Gasteiger partial charge in [-0.05, 0) is 31.7 Å². The number of aromatic nitrogens is 3. The van der Waals surface area contributed by atoms with Gasteiger partial charge >= 0.3 is 5.97 Å². The lowest BCUT2D eigenvalue weighted by atomic mass is 10.2. The minimum absolute atomic E-state index is 0.0688. The first-order chi connectivity index (χ1) is 12.0. The summed E-state index contributed by atoms with van der Waals surface area (Å²) in [5.74, 6) is 0.137. The van der Waals surface area contributed by atoms with Crippen LogP contribution in [0.4, 0.5) is 0 Å². The van der Waals surface area contributed by atoms with Crippen molar-refractivity contribution in [2.45, 2.75) is 44.9 Å². The summed E-state index contributed by atoms with van der Waals surface area (Å²) in [5, 5.41) is 13.8. The molecule has 7 nitrogen and oxygen atoms in total. The number of nitrogens with one attached hydrogen (secondary N) is 1. The number of nitrogens with zero attached hydrogens (tertiary/aromatic N) is 3. The molecule has 0 fully saturated rings. The van der Waals surface area contributed by atoms with Gasteiger partial charge < -0.3 is 14.6 Å². The molecule has 2 aromatic heterocycles. The predicted molar refractivity (Wildman–Crippen MR) is 98.6 cm³/mol. The van der Waals surface area contributed by atoms with Crippen LogP contribution in [-0.4, -0.2) is 45.0 Å². The summed E-state index contributed by atoms with van der Waals surface area (Å²) in [6.07, 6.45) is 0.828. The number of carbonyl (C=O) groups excluding carboxylic acids is 2. The molecule has 2 aromatic rings. The molecule has 0 bridgehead atoms. The van der Waals surface area contributed by atoms with Crippen LogP contribution in [0.3, 0.4) is 0 Å². The van der Waals surface area contributed by atoms with Gasteiger partial charge in [0.2, 0.25) is 0 Å². The highest BCUT2D eigenvalue weighted by molar-refractivity contribution is 7.99. The SMILES string of the molecule is CCC(C)NC(=O)COC(=O)CSc1nnc(-c2cccs2)n1CC. The molecule has 0 spiro atoms. The van der Waals surface area contributed by atoms with Gasteiger partial charge in [-0.2, -0.15) is 0 Å². The largest absolute Gasteiger partial charge is 0.455 e. The van der Waals surface area contributed by atoms with Crippen molar-refractivity contribution >= 4 is 35.0 Å². The topological polar surface area (TPSA) is 86.1 Å². The van der Waals surface area contributed by atoms with Crippen molar-refractivity contribution in [3.8, 4) is 10.7 Å². The zero-order valence-corrected chi connectivity index (χ0v) is 16.2. The molecule has 0 saturated carbocycles. The normalized spacial score (nSPS) is 12.0. The van der Waals surface area contributed by atoms with E-state index in [1.54, 1.807) is 11.3 Å². The van der Waals surface area contributed by atoms with E-state index in [-0.39, 0.29) is 24.3 Å². The summed E-state index contributed by atoms with van der Waals surface area (Å²) in [7, 11) is 0. The van der Waals surface area contributed by atoms with Crippen LogP contribution in [0.1, 0.15) is 27.2 Å². The first-order valence-corrected chi connectivity index (χ1v) is 9.96. The second-order valence-corrected chi connectivity index (χ2v) is 7.24. The van der Waals surface area contributed by atoms with Gasteiger partial charge in [-0.1, -0.05) is 24.8 Å².